The summed E-state index contributed by atoms with van der Waals surface area (Å²) in [4.78, 5) is 0. The first-order chi connectivity index (χ1) is 7.92. The van der Waals surface area contributed by atoms with E-state index in [1.54, 1.807) is 7.11 Å². The third kappa shape index (κ3) is 3.36. The molecule has 1 aromatic rings. The zero-order chi connectivity index (χ0) is 13.1. The summed E-state index contributed by atoms with van der Waals surface area (Å²) in [7, 11) is 1.73. The Morgan fingerprint density at radius 2 is 1.94 bits per heavy atom. The lowest BCUT2D eigenvalue weighted by atomic mass is 9.82. The van der Waals surface area contributed by atoms with E-state index in [4.69, 9.17) is 16.3 Å². The van der Waals surface area contributed by atoms with Gasteiger partial charge in [-0.3, -0.25) is 0 Å². The fraction of sp³-hybridized carbons (Fsp3) is 0.571. The number of nitrogens with one attached hydrogen (secondary N) is 1. The van der Waals surface area contributed by atoms with Crippen molar-refractivity contribution >= 4 is 11.6 Å². The van der Waals surface area contributed by atoms with Crippen LogP contribution in [0.4, 0.5) is 0 Å². The second kappa shape index (κ2) is 5.74. The highest BCUT2D eigenvalue weighted by atomic mass is 35.5. The molecule has 0 aliphatic heterocycles. The van der Waals surface area contributed by atoms with E-state index in [9.17, 15) is 0 Å². The smallest absolute Gasteiger partial charge is 0.125 e. The van der Waals surface area contributed by atoms with Crippen molar-refractivity contribution in [2.24, 2.45) is 0 Å². The monoisotopic (exact) mass is 255 g/mol. The first-order valence-corrected chi connectivity index (χ1v) is 6.38. The largest absolute Gasteiger partial charge is 0.496 e. The molecule has 0 bridgehead atoms. The summed E-state index contributed by atoms with van der Waals surface area (Å²) in [6.45, 7) is 9.42. The molecular formula is C14H22ClNO. The second-order valence-corrected chi connectivity index (χ2v) is 5.37. The van der Waals surface area contributed by atoms with E-state index in [-0.39, 0.29) is 5.41 Å². The molecular weight excluding hydrogens is 234 g/mol. The van der Waals surface area contributed by atoms with Crippen molar-refractivity contribution in [3.05, 3.63) is 28.8 Å². The second-order valence-electron chi connectivity index (χ2n) is 5.11. The molecule has 17 heavy (non-hydrogen) atoms. The first-order valence-electron chi connectivity index (χ1n) is 5.84. The minimum atomic E-state index is -0.00296. The molecule has 0 radical (unpaired) electrons. The Kier molecular flexibility index (Phi) is 4.84. The van der Waals surface area contributed by atoms with Gasteiger partial charge in [-0.1, -0.05) is 31.5 Å². The van der Waals surface area contributed by atoms with E-state index in [1.807, 2.05) is 0 Å². The van der Waals surface area contributed by atoms with Gasteiger partial charge in [0.25, 0.3) is 0 Å². The molecule has 0 unspecified atom stereocenters. The molecule has 0 saturated carbocycles. The first kappa shape index (κ1) is 14.3. The van der Waals surface area contributed by atoms with Crippen LogP contribution in [0.3, 0.4) is 0 Å². The summed E-state index contributed by atoms with van der Waals surface area (Å²) in [5, 5.41) is 3.19. The molecule has 0 aromatic heterocycles. The van der Waals surface area contributed by atoms with E-state index in [1.165, 1.54) is 16.7 Å². The number of halogens is 1. The van der Waals surface area contributed by atoms with E-state index < -0.39 is 0 Å². The molecule has 0 aliphatic carbocycles. The van der Waals surface area contributed by atoms with Crippen molar-refractivity contribution < 1.29 is 4.74 Å². The molecule has 0 fully saturated rings. The van der Waals surface area contributed by atoms with Gasteiger partial charge in [0.2, 0.25) is 0 Å². The molecule has 0 amide bonds. The van der Waals surface area contributed by atoms with Gasteiger partial charge < -0.3 is 10.1 Å². The number of alkyl halides is 1. The van der Waals surface area contributed by atoms with Crippen LogP contribution >= 0.6 is 11.6 Å². The lowest BCUT2D eigenvalue weighted by Gasteiger charge is -2.28. The van der Waals surface area contributed by atoms with Gasteiger partial charge in [0.15, 0.2) is 0 Å². The average Bonchev–Trinajstić information content (AvgIpc) is 2.25. The fourth-order valence-electron chi connectivity index (χ4n) is 2.18. The van der Waals surface area contributed by atoms with E-state index in [2.05, 4.69) is 45.1 Å². The summed E-state index contributed by atoms with van der Waals surface area (Å²) < 4.78 is 5.54. The van der Waals surface area contributed by atoms with Crippen LogP contribution in [-0.2, 0) is 5.41 Å². The number of hydrogen-bond donors (Lipinski definition) is 1. The number of ether oxygens (including phenoxy) is 1. The standard InChI is InChI=1S/C14H22ClNO/c1-10-6-11(2)13(17-5)12(7-10)14(3,4)8-16-9-15/h6-7,16H,8-9H2,1-5H3. The highest BCUT2D eigenvalue weighted by Gasteiger charge is 2.25. The van der Waals surface area contributed by atoms with Crippen molar-refractivity contribution in [3.63, 3.8) is 0 Å². The zero-order valence-corrected chi connectivity index (χ0v) is 12.1. The number of aryl methyl sites for hydroxylation is 2. The lowest BCUT2D eigenvalue weighted by Crippen LogP contribution is -2.33. The molecule has 0 spiro atoms. The third-order valence-electron chi connectivity index (χ3n) is 3.01. The van der Waals surface area contributed by atoms with Crippen molar-refractivity contribution in [2.45, 2.75) is 33.1 Å². The maximum absolute atomic E-state index is 5.69. The van der Waals surface area contributed by atoms with Crippen molar-refractivity contribution in [3.8, 4) is 5.75 Å². The predicted molar refractivity (Wildman–Crippen MR) is 74.2 cm³/mol. The molecule has 1 N–H and O–H groups in total. The normalized spacial score (nSPS) is 11.6. The Morgan fingerprint density at radius 3 is 2.47 bits per heavy atom. The van der Waals surface area contributed by atoms with Crippen molar-refractivity contribution in [2.75, 3.05) is 19.7 Å². The molecule has 3 heteroatoms. The predicted octanol–water partition coefficient (Wildman–Crippen LogP) is 3.38. The van der Waals surface area contributed by atoms with Gasteiger partial charge in [0.05, 0.1) is 13.1 Å². The molecule has 0 saturated heterocycles. The Morgan fingerprint density at radius 1 is 1.29 bits per heavy atom. The van der Waals surface area contributed by atoms with E-state index in [0.717, 1.165) is 12.3 Å². The van der Waals surface area contributed by atoms with Gasteiger partial charge in [0.1, 0.15) is 5.75 Å². The van der Waals surface area contributed by atoms with Crippen LogP contribution in [0.1, 0.15) is 30.5 Å². The topological polar surface area (TPSA) is 21.3 Å². The van der Waals surface area contributed by atoms with Crippen LogP contribution in [0.2, 0.25) is 0 Å². The van der Waals surface area contributed by atoms with Crippen LogP contribution in [0.25, 0.3) is 0 Å². The Hall–Kier alpha value is -0.730. The maximum Gasteiger partial charge on any atom is 0.125 e. The minimum Gasteiger partial charge on any atom is -0.496 e. The number of hydrogen-bond acceptors (Lipinski definition) is 2. The molecule has 0 heterocycles. The van der Waals surface area contributed by atoms with Crippen LogP contribution < -0.4 is 10.1 Å². The van der Waals surface area contributed by atoms with Crippen LogP contribution in [0, 0.1) is 13.8 Å². The van der Waals surface area contributed by atoms with Gasteiger partial charge in [-0.25, -0.2) is 0 Å². The summed E-state index contributed by atoms with van der Waals surface area (Å²) in [5.74, 6) is 0.983. The van der Waals surface area contributed by atoms with Crippen molar-refractivity contribution in [1.29, 1.82) is 0 Å². The number of rotatable bonds is 5. The summed E-state index contributed by atoms with van der Waals surface area (Å²) >= 11 is 5.69. The summed E-state index contributed by atoms with van der Waals surface area (Å²) in [6, 6.07) is 4.81. The van der Waals surface area contributed by atoms with Gasteiger partial charge in [-0.15, -0.1) is 11.6 Å². The summed E-state index contributed by atoms with van der Waals surface area (Å²) in [5.41, 5.74) is 3.67. The van der Waals surface area contributed by atoms with Gasteiger partial charge >= 0.3 is 0 Å². The van der Waals surface area contributed by atoms with Gasteiger partial charge in [-0.2, -0.15) is 0 Å². The highest BCUT2D eigenvalue weighted by molar-refractivity contribution is 6.17. The Balaban J connectivity index is 3.18. The van der Waals surface area contributed by atoms with Crippen LogP contribution in [0.5, 0.6) is 5.75 Å². The Bertz CT molecular complexity index is 388. The SMILES string of the molecule is COc1c(C)cc(C)cc1C(C)(C)CNCCl. The minimum absolute atomic E-state index is 0.00296. The number of benzene rings is 1. The average molecular weight is 256 g/mol. The van der Waals surface area contributed by atoms with Crippen LogP contribution in [-0.4, -0.2) is 19.7 Å². The molecule has 1 rings (SSSR count). The Labute approximate surface area is 109 Å². The van der Waals surface area contributed by atoms with E-state index in [0.29, 0.717) is 6.00 Å². The fourth-order valence-corrected chi connectivity index (χ4v) is 2.28. The maximum atomic E-state index is 5.69. The summed E-state index contributed by atoms with van der Waals surface area (Å²) in [6.07, 6.45) is 0. The molecule has 0 atom stereocenters. The quantitative estimate of drug-likeness (QED) is 0.643. The lowest BCUT2D eigenvalue weighted by molar-refractivity contribution is 0.385. The molecule has 0 aliphatic rings. The van der Waals surface area contributed by atoms with E-state index >= 15 is 0 Å². The van der Waals surface area contributed by atoms with Gasteiger partial charge in [0, 0.05) is 17.5 Å². The van der Waals surface area contributed by atoms with Crippen molar-refractivity contribution in [1.82, 2.24) is 5.32 Å². The third-order valence-corrected chi connectivity index (χ3v) is 3.20. The molecule has 2 nitrogen and oxygen atoms in total. The molecule has 96 valence electrons. The van der Waals surface area contributed by atoms with Gasteiger partial charge in [-0.05, 0) is 19.4 Å². The molecule has 1 aromatic carbocycles. The highest BCUT2D eigenvalue weighted by Crippen LogP contribution is 2.34. The van der Waals surface area contributed by atoms with Crippen LogP contribution in [0.15, 0.2) is 12.1 Å². The zero-order valence-electron chi connectivity index (χ0n) is 11.4. The number of methoxy groups -OCH3 is 1.